The number of pyridine rings is 1. The van der Waals surface area contributed by atoms with Crippen LogP contribution in [0.5, 0.6) is 0 Å². The molecule has 0 aliphatic heterocycles. The minimum absolute atomic E-state index is 0.508. The van der Waals surface area contributed by atoms with Crippen LogP contribution in [0.25, 0.3) is 0 Å². The number of halogens is 2. The van der Waals surface area contributed by atoms with Crippen LogP contribution in [0.3, 0.4) is 0 Å². The van der Waals surface area contributed by atoms with Crippen LogP contribution >= 0.6 is 38.9 Å². The Labute approximate surface area is 112 Å². The molecule has 0 atom stereocenters. The summed E-state index contributed by atoms with van der Waals surface area (Å²) >= 11 is 11.1. The van der Waals surface area contributed by atoms with Crippen LogP contribution in [0, 0.1) is 6.92 Å². The number of aromatic nitrogens is 1. The molecule has 0 aliphatic carbocycles. The molecule has 0 radical (unpaired) electrons. The molecular weight excluding hydrogens is 308 g/mol. The third-order valence-electron chi connectivity index (χ3n) is 2.07. The Morgan fingerprint density at radius 3 is 2.94 bits per heavy atom. The van der Waals surface area contributed by atoms with E-state index in [1.807, 2.05) is 12.1 Å². The van der Waals surface area contributed by atoms with Gasteiger partial charge in [-0.25, -0.2) is 4.98 Å². The molecule has 2 aromatic heterocycles. The number of thiophene rings is 1. The standard InChI is InChI=1S/C11H10BrClN2S/c1-7-9(12)5-8(16-7)6-14-11-4-2-3-10(13)15-11/h2-5H,6H2,1H3,(H,14,15). The van der Waals surface area contributed by atoms with Crippen molar-refractivity contribution in [1.29, 1.82) is 0 Å². The minimum Gasteiger partial charge on any atom is -0.365 e. The van der Waals surface area contributed by atoms with Gasteiger partial charge in [-0.3, -0.25) is 0 Å². The molecule has 0 bridgehead atoms. The van der Waals surface area contributed by atoms with Crippen LogP contribution in [0.4, 0.5) is 5.82 Å². The van der Waals surface area contributed by atoms with Crippen molar-refractivity contribution >= 4 is 44.7 Å². The van der Waals surface area contributed by atoms with Crippen molar-refractivity contribution in [3.05, 3.63) is 43.6 Å². The SMILES string of the molecule is Cc1sc(CNc2cccc(Cl)n2)cc1Br. The molecule has 0 aromatic carbocycles. The van der Waals surface area contributed by atoms with Crippen LogP contribution in [-0.2, 0) is 6.54 Å². The van der Waals surface area contributed by atoms with Gasteiger partial charge < -0.3 is 5.32 Å². The third-order valence-corrected chi connectivity index (χ3v) is 4.41. The van der Waals surface area contributed by atoms with Gasteiger partial charge in [0.25, 0.3) is 0 Å². The molecule has 2 nitrogen and oxygen atoms in total. The summed E-state index contributed by atoms with van der Waals surface area (Å²) in [5.74, 6) is 0.801. The molecule has 84 valence electrons. The monoisotopic (exact) mass is 316 g/mol. The average Bonchev–Trinajstić information content (AvgIpc) is 2.56. The zero-order valence-electron chi connectivity index (χ0n) is 8.63. The van der Waals surface area contributed by atoms with Gasteiger partial charge in [-0.15, -0.1) is 11.3 Å². The quantitative estimate of drug-likeness (QED) is 0.844. The smallest absolute Gasteiger partial charge is 0.131 e. The lowest BCUT2D eigenvalue weighted by Crippen LogP contribution is -1.99. The fourth-order valence-electron chi connectivity index (χ4n) is 1.29. The fourth-order valence-corrected chi connectivity index (χ4v) is 2.99. The first-order chi connectivity index (χ1) is 7.65. The Hall–Kier alpha value is -0.580. The molecule has 0 saturated heterocycles. The number of nitrogens with one attached hydrogen (secondary N) is 1. The van der Waals surface area contributed by atoms with Gasteiger partial charge in [0.1, 0.15) is 11.0 Å². The summed E-state index contributed by atoms with van der Waals surface area (Å²) in [5.41, 5.74) is 0. The molecule has 0 spiro atoms. The number of nitrogens with zero attached hydrogens (tertiary/aromatic N) is 1. The predicted octanol–water partition coefficient (Wildman–Crippen LogP) is 4.48. The highest BCUT2D eigenvalue weighted by Crippen LogP contribution is 2.26. The highest BCUT2D eigenvalue weighted by atomic mass is 79.9. The Kier molecular flexibility index (Phi) is 3.84. The lowest BCUT2D eigenvalue weighted by Gasteiger charge is -2.03. The van der Waals surface area contributed by atoms with Crippen molar-refractivity contribution in [1.82, 2.24) is 4.98 Å². The molecule has 0 amide bonds. The molecule has 0 unspecified atom stereocenters. The van der Waals surface area contributed by atoms with E-state index in [4.69, 9.17) is 11.6 Å². The van der Waals surface area contributed by atoms with Crippen LogP contribution < -0.4 is 5.32 Å². The minimum atomic E-state index is 0.508. The summed E-state index contributed by atoms with van der Waals surface area (Å²) in [6, 6.07) is 7.67. The molecule has 16 heavy (non-hydrogen) atoms. The second-order valence-corrected chi connectivity index (χ2v) is 5.90. The summed E-state index contributed by atoms with van der Waals surface area (Å²) in [6.07, 6.45) is 0. The lowest BCUT2D eigenvalue weighted by molar-refractivity contribution is 1.14. The van der Waals surface area contributed by atoms with Gasteiger partial charge >= 0.3 is 0 Å². The first kappa shape index (κ1) is 11.9. The second kappa shape index (κ2) is 5.17. The molecular formula is C11H10BrClN2S. The van der Waals surface area contributed by atoms with Gasteiger partial charge in [-0.05, 0) is 41.1 Å². The highest BCUT2D eigenvalue weighted by Gasteiger charge is 2.02. The van der Waals surface area contributed by atoms with Gasteiger partial charge in [0.15, 0.2) is 0 Å². The van der Waals surface area contributed by atoms with E-state index in [2.05, 4.69) is 39.2 Å². The van der Waals surface area contributed by atoms with Crippen molar-refractivity contribution < 1.29 is 0 Å². The zero-order valence-corrected chi connectivity index (χ0v) is 11.8. The van der Waals surface area contributed by atoms with Crippen LogP contribution in [-0.4, -0.2) is 4.98 Å². The van der Waals surface area contributed by atoms with Gasteiger partial charge in [-0.1, -0.05) is 17.7 Å². The topological polar surface area (TPSA) is 24.9 Å². The first-order valence-electron chi connectivity index (χ1n) is 4.76. The molecule has 0 saturated carbocycles. The fraction of sp³-hybridized carbons (Fsp3) is 0.182. The summed E-state index contributed by atoms with van der Waals surface area (Å²) in [4.78, 5) is 6.72. The van der Waals surface area contributed by atoms with Crippen LogP contribution in [0.15, 0.2) is 28.7 Å². The van der Waals surface area contributed by atoms with Crippen molar-refractivity contribution in [2.24, 2.45) is 0 Å². The van der Waals surface area contributed by atoms with E-state index >= 15 is 0 Å². The number of aryl methyl sites for hydroxylation is 1. The number of rotatable bonds is 3. The molecule has 5 heteroatoms. The van der Waals surface area contributed by atoms with Gasteiger partial charge in [-0.2, -0.15) is 0 Å². The van der Waals surface area contributed by atoms with E-state index in [-0.39, 0.29) is 0 Å². The third kappa shape index (κ3) is 2.97. The first-order valence-corrected chi connectivity index (χ1v) is 6.75. The van der Waals surface area contributed by atoms with Crippen LogP contribution in [0.2, 0.25) is 5.15 Å². The average molecular weight is 318 g/mol. The van der Waals surface area contributed by atoms with Crippen molar-refractivity contribution in [3.63, 3.8) is 0 Å². The van der Waals surface area contributed by atoms with Crippen molar-refractivity contribution in [2.75, 3.05) is 5.32 Å². The Morgan fingerprint density at radius 2 is 2.31 bits per heavy atom. The largest absolute Gasteiger partial charge is 0.365 e. The summed E-state index contributed by atoms with van der Waals surface area (Å²) in [7, 11) is 0. The Morgan fingerprint density at radius 1 is 1.50 bits per heavy atom. The highest BCUT2D eigenvalue weighted by molar-refractivity contribution is 9.10. The summed E-state index contributed by atoms with van der Waals surface area (Å²) in [5, 5.41) is 3.74. The Bertz CT molecular complexity index is 479. The number of hydrogen-bond acceptors (Lipinski definition) is 3. The van der Waals surface area contributed by atoms with Gasteiger partial charge in [0.05, 0.1) is 6.54 Å². The second-order valence-electron chi connectivity index (χ2n) is 3.32. The summed E-state index contributed by atoms with van der Waals surface area (Å²) < 4.78 is 1.16. The summed E-state index contributed by atoms with van der Waals surface area (Å²) in [6.45, 7) is 2.86. The van der Waals surface area contributed by atoms with Crippen LogP contribution in [0.1, 0.15) is 9.75 Å². The van der Waals surface area contributed by atoms with E-state index in [0.29, 0.717) is 5.15 Å². The maximum absolute atomic E-state index is 5.80. The molecule has 0 fully saturated rings. The molecule has 2 heterocycles. The zero-order chi connectivity index (χ0) is 11.5. The molecule has 0 aliphatic rings. The van der Waals surface area contributed by atoms with E-state index < -0.39 is 0 Å². The van der Waals surface area contributed by atoms with Gasteiger partial charge in [0.2, 0.25) is 0 Å². The Balaban J connectivity index is 2.02. The number of anilines is 1. The normalized spacial score (nSPS) is 10.4. The van der Waals surface area contributed by atoms with Gasteiger partial charge in [0, 0.05) is 14.2 Å². The van der Waals surface area contributed by atoms with Crippen molar-refractivity contribution in [2.45, 2.75) is 13.5 Å². The molecule has 2 rings (SSSR count). The van der Waals surface area contributed by atoms with E-state index in [1.54, 1.807) is 17.4 Å². The molecule has 1 N–H and O–H groups in total. The van der Waals surface area contributed by atoms with E-state index in [9.17, 15) is 0 Å². The molecule has 2 aromatic rings. The maximum atomic E-state index is 5.80. The number of hydrogen-bond donors (Lipinski definition) is 1. The maximum Gasteiger partial charge on any atom is 0.131 e. The van der Waals surface area contributed by atoms with E-state index in [1.165, 1.54) is 9.75 Å². The van der Waals surface area contributed by atoms with Crippen molar-refractivity contribution in [3.8, 4) is 0 Å². The predicted molar refractivity (Wildman–Crippen MR) is 73.3 cm³/mol. The lowest BCUT2D eigenvalue weighted by atomic mass is 10.4. The van der Waals surface area contributed by atoms with E-state index in [0.717, 1.165) is 16.8 Å².